The van der Waals surface area contributed by atoms with Gasteiger partial charge in [-0.1, -0.05) is 35.5 Å². The van der Waals surface area contributed by atoms with Crippen molar-refractivity contribution in [3.63, 3.8) is 0 Å². The smallest absolute Gasteiger partial charge is 0.275 e. The minimum atomic E-state index is -0.454. The molecule has 2 amide bonds. The zero-order chi connectivity index (χ0) is 20.6. The number of hydrogen-bond acceptors (Lipinski definition) is 6. The van der Waals surface area contributed by atoms with Crippen molar-refractivity contribution in [2.75, 3.05) is 17.7 Å². The van der Waals surface area contributed by atoms with Crippen molar-refractivity contribution in [2.45, 2.75) is 20.0 Å². The second kappa shape index (κ2) is 9.36. The summed E-state index contributed by atoms with van der Waals surface area (Å²) >= 11 is 0. The Kier molecular flexibility index (Phi) is 6.41. The van der Waals surface area contributed by atoms with Gasteiger partial charge in [0, 0.05) is 12.2 Å². The van der Waals surface area contributed by atoms with Crippen LogP contribution in [-0.4, -0.2) is 33.4 Å². The summed E-state index contributed by atoms with van der Waals surface area (Å²) in [4.78, 5) is 24.5. The van der Waals surface area contributed by atoms with Crippen LogP contribution in [0.2, 0.25) is 0 Å². The van der Waals surface area contributed by atoms with Gasteiger partial charge in [-0.25, -0.2) is 4.68 Å². The van der Waals surface area contributed by atoms with Gasteiger partial charge in [0.2, 0.25) is 5.91 Å². The number of nitrogens with one attached hydrogen (secondary N) is 2. The number of carbonyl (C=O) groups excluding carboxylic acids is 2. The number of ether oxygens (including phenoxy) is 1. The molecule has 1 aromatic heterocycles. The highest BCUT2D eigenvalue weighted by Gasteiger charge is 2.18. The predicted molar refractivity (Wildman–Crippen MR) is 108 cm³/mol. The van der Waals surface area contributed by atoms with Gasteiger partial charge in [0.15, 0.2) is 11.5 Å². The molecule has 0 aliphatic rings. The first-order valence-corrected chi connectivity index (χ1v) is 9.10. The van der Waals surface area contributed by atoms with Crippen molar-refractivity contribution in [3.05, 3.63) is 65.9 Å². The number of carbonyl (C=O) groups is 2. The first kappa shape index (κ1) is 19.9. The first-order chi connectivity index (χ1) is 14.1. The molecule has 0 atom stereocenters. The summed E-state index contributed by atoms with van der Waals surface area (Å²) in [5, 5.41) is 13.1. The molecule has 0 fully saturated rings. The van der Waals surface area contributed by atoms with Crippen molar-refractivity contribution in [1.29, 1.82) is 0 Å². The van der Waals surface area contributed by atoms with Crippen LogP contribution in [0, 0.1) is 0 Å². The normalized spacial score (nSPS) is 10.4. The fraction of sp³-hybridized carbons (Fsp3) is 0.200. The molecule has 0 spiro atoms. The van der Waals surface area contributed by atoms with Gasteiger partial charge >= 0.3 is 0 Å². The van der Waals surface area contributed by atoms with E-state index in [1.165, 1.54) is 4.68 Å². The Morgan fingerprint density at radius 2 is 1.83 bits per heavy atom. The molecule has 9 heteroatoms. The minimum Gasteiger partial charge on any atom is -0.494 e. The van der Waals surface area contributed by atoms with Crippen LogP contribution in [0.15, 0.2) is 54.6 Å². The average molecular weight is 394 g/mol. The zero-order valence-electron chi connectivity index (χ0n) is 16.0. The fourth-order valence-corrected chi connectivity index (χ4v) is 2.60. The number of nitrogens with zero attached hydrogens (tertiary/aromatic N) is 3. The molecule has 4 N–H and O–H groups in total. The van der Waals surface area contributed by atoms with Gasteiger partial charge in [0.25, 0.3) is 5.91 Å². The van der Waals surface area contributed by atoms with Crippen LogP contribution in [0.1, 0.15) is 23.0 Å². The van der Waals surface area contributed by atoms with Crippen LogP contribution in [0.3, 0.4) is 0 Å². The Labute approximate surface area is 167 Å². The van der Waals surface area contributed by atoms with Gasteiger partial charge in [-0.05, 0) is 36.8 Å². The van der Waals surface area contributed by atoms with Crippen LogP contribution in [0.25, 0.3) is 0 Å². The molecule has 0 radical (unpaired) electrons. The molecule has 0 saturated carbocycles. The van der Waals surface area contributed by atoms with Crippen LogP contribution < -0.4 is 21.1 Å². The SMILES string of the molecule is CCOc1ccc(NC(=O)Cn2nnc(C(=O)NCc3ccccc3)c2N)cc1. The molecule has 150 valence electrons. The molecule has 1 heterocycles. The van der Waals surface area contributed by atoms with Crippen molar-refractivity contribution in [2.24, 2.45) is 0 Å². The first-order valence-electron chi connectivity index (χ1n) is 9.10. The highest BCUT2D eigenvalue weighted by Crippen LogP contribution is 2.16. The molecule has 0 aliphatic heterocycles. The number of benzene rings is 2. The summed E-state index contributed by atoms with van der Waals surface area (Å²) in [5.74, 6) is -0.0545. The van der Waals surface area contributed by atoms with E-state index in [0.717, 1.165) is 11.3 Å². The molecule has 0 unspecified atom stereocenters. The summed E-state index contributed by atoms with van der Waals surface area (Å²) in [6.07, 6.45) is 0. The van der Waals surface area contributed by atoms with Crippen molar-refractivity contribution in [3.8, 4) is 5.75 Å². The van der Waals surface area contributed by atoms with Gasteiger partial charge in [0.1, 0.15) is 12.3 Å². The van der Waals surface area contributed by atoms with E-state index in [-0.39, 0.29) is 24.0 Å². The van der Waals surface area contributed by atoms with Gasteiger partial charge < -0.3 is 21.1 Å². The van der Waals surface area contributed by atoms with E-state index in [1.54, 1.807) is 24.3 Å². The maximum atomic E-state index is 12.3. The monoisotopic (exact) mass is 394 g/mol. The summed E-state index contributed by atoms with van der Waals surface area (Å²) < 4.78 is 6.54. The van der Waals surface area contributed by atoms with E-state index in [2.05, 4.69) is 20.9 Å². The highest BCUT2D eigenvalue weighted by molar-refractivity contribution is 5.96. The highest BCUT2D eigenvalue weighted by atomic mass is 16.5. The van der Waals surface area contributed by atoms with Crippen LogP contribution >= 0.6 is 0 Å². The van der Waals surface area contributed by atoms with Crippen LogP contribution in [0.5, 0.6) is 5.75 Å². The van der Waals surface area contributed by atoms with E-state index < -0.39 is 5.91 Å². The average Bonchev–Trinajstić information content (AvgIpc) is 3.09. The lowest BCUT2D eigenvalue weighted by atomic mass is 10.2. The predicted octanol–water partition coefficient (Wildman–Crippen LogP) is 1.83. The third-order valence-electron chi connectivity index (χ3n) is 4.03. The second-order valence-corrected chi connectivity index (χ2v) is 6.15. The Morgan fingerprint density at radius 1 is 1.10 bits per heavy atom. The lowest BCUT2D eigenvalue weighted by Crippen LogP contribution is -2.25. The van der Waals surface area contributed by atoms with Gasteiger partial charge in [-0.3, -0.25) is 9.59 Å². The zero-order valence-corrected chi connectivity index (χ0v) is 16.0. The van der Waals surface area contributed by atoms with Gasteiger partial charge in [-0.2, -0.15) is 0 Å². The van der Waals surface area contributed by atoms with Crippen LogP contribution in [0.4, 0.5) is 11.5 Å². The van der Waals surface area contributed by atoms with E-state index in [9.17, 15) is 9.59 Å². The molecule has 2 aromatic carbocycles. The topological polar surface area (TPSA) is 124 Å². The fourth-order valence-electron chi connectivity index (χ4n) is 2.60. The number of nitrogen functional groups attached to an aromatic ring is 1. The Balaban J connectivity index is 1.57. The number of amides is 2. The molecule has 0 saturated heterocycles. The summed E-state index contributed by atoms with van der Waals surface area (Å²) in [6.45, 7) is 2.63. The van der Waals surface area contributed by atoms with Gasteiger partial charge in [-0.15, -0.1) is 5.10 Å². The number of nitrogens with two attached hydrogens (primary N) is 1. The van der Waals surface area contributed by atoms with Crippen molar-refractivity contribution < 1.29 is 14.3 Å². The number of anilines is 2. The van der Waals surface area contributed by atoms with Crippen LogP contribution in [-0.2, 0) is 17.9 Å². The van der Waals surface area contributed by atoms with E-state index in [0.29, 0.717) is 18.8 Å². The van der Waals surface area contributed by atoms with Crippen molar-refractivity contribution in [1.82, 2.24) is 20.3 Å². The molecule has 3 rings (SSSR count). The summed E-state index contributed by atoms with van der Waals surface area (Å²) in [7, 11) is 0. The standard InChI is InChI=1S/C20H22N6O3/c1-2-29-16-10-8-15(9-11-16)23-17(27)13-26-19(21)18(24-25-26)20(28)22-12-14-6-4-3-5-7-14/h3-11H,2,12-13,21H2,1H3,(H,22,28)(H,23,27). The third-order valence-corrected chi connectivity index (χ3v) is 4.03. The lowest BCUT2D eigenvalue weighted by molar-refractivity contribution is -0.116. The molecule has 9 nitrogen and oxygen atoms in total. The summed E-state index contributed by atoms with van der Waals surface area (Å²) in [5.41, 5.74) is 7.49. The van der Waals surface area contributed by atoms with E-state index in [1.807, 2.05) is 37.3 Å². The summed E-state index contributed by atoms with van der Waals surface area (Å²) in [6, 6.07) is 16.4. The molecular weight excluding hydrogens is 372 g/mol. The number of aromatic nitrogens is 3. The minimum absolute atomic E-state index is 0.0187. The molecule has 0 bridgehead atoms. The number of rotatable bonds is 8. The Hall–Kier alpha value is -3.88. The molecular formula is C20H22N6O3. The molecule has 0 aliphatic carbocycles. The Bertz CT molecular complexity index is 970. The third kappa shape index (κ3) is 5.32. The lowest BCUT2D eigenvalue weighted by Gasteiger charge is -2.08. The second-order valence-electron chi connectivity index (χ2n) is 6.15. The largest absolute Gasteiger partial charge is 0.494 e. The Morgan fingerprint density at radius 3 is 2.52 bits per heavy atom. The van der Waals surface area contributed by atoms with Crippen molar-refractivity contribution >= 4 is 23.3 Å². The van der Waals surface area contributed by atoms with E-state index in [4.69, 9.17) is 10.5 Å². The molecule has 29 heavy (non-hydrogen) atoms. The number of hydrogen-bond donors (Lipinski definition) is 3. The van der Waals surface area contributed by atoms with E-state index >= 15 is 0 Å². The molecule has 3 aromatic rings. The van der Waals surface area contributed by atoms with Gasteiger partial charge in [0.05, 0.1) is 6.61 Å². The maximum Gasteiger partial charge on any atom is 0.275 e. The maximum absolute atomic E-state index is 12.3. The quantitative estimate of drug-likeness (QED) is 0.535.